The summed E-state index contributed by atoms with van der Waals surface area (Å²) in [7, 11) is 1.67. The summed E-state index contributed by atoms with van der Waals surface area (Å²) in [4.78, 5) is 14.1. The zero-order valence-corrected chi connectivity index (χ0v) is 12.0. The van der Waals surface area contributed by atoms with Gasteiger partial charge in [0.2, 0.25) is 5.91 Å². The first kappa shape index (κ1) is 16.4. The van der Waals surface area contributed by atoms with E-state index in [9.17, 15) is 4.79 Å². The van der Waals surface area contributed by atoms with Crippen molar-refractivity contribution >= 4 is 5.91 Å². The van der Waals surface area contributed by atoms with Gasteiger partial charge in [0, 0.05) is 32.7 Å². The lowest BCUT2D eigenvalue weighted by molar-refractivity contribution is -0.136. The number of hydrogen-bond acceptors (Lipinski definition) is 3. The van der Waals surface area contributed by atoms with Gasteiger partial charge < -0.3 is 15.0 Å². The van der Waals surface area contributed by atoms with E-state index in [-0.39, 0.29) is 11.8 Å². The van der Waals surface area contributed by atoms with Gasteiger partial charge in [0.25, 0.3) is 0 Å². The molecule has 0 aromatic rings. The molecule has 0 aliphatic carbocycles. The third kappa shape index (κ3) is 7.34. The highest BCUT2D eigenvalue weighted by Gasteiger charge is 2.20. The summed E-state index contributed by atoms with van der Waals surface area (Å²) >= 11 is 0. The number of carbonyl (C=O) groups is 1. The van der Waals surface area contributed by atoms with E-state index < -0.39 is 0 Å². The zero-order chi connectivity index (χ0) is 13.3. The summed E-state index contributed by atoms with van der Waals surface area (Å²) in [6, 6.07) is 0. The number of amides is 1. The van der Waals surface area contributed by atoms with Crippen LogP contribution in [0.2, 0.25) is 0 Å². The predicted molar refractivity (Wildman–Crippen MR) is 71.0 cm³/mol. The minimum absolute atomic E-state index is 0.0329. The Kier molecular flexibility index (Phi) is 9.09. The maximum absolute atomic E-state index is 12.2. The van der Waals surface area contributed by atoms with Gasteiger partial charge >= 0.3 is 0 Å². The Morgan fingerprint density at radius 3 is 2.47 bits per heavy atom. The lowest BCUT2D eigenvalue weighted by Crippen LogP contribution is -2.42. The molecule has 0 aromatic carbocycles. The van der Waals surface area contributed by atoms with Crippen LogP contribution in [0, 0.1) is 11.8 Å². The van der Waals surface area contributed by atoms with Crippen molar-refractivity contribution in [1.82, 2.24) is 10.2 Å². The maximum atomic E-state index is 12.2. The van der Waals surface area contributed by atoms with Crippen LogP contribution in [-0.2, 0) is 9.53 Å². The molecule has 0 aliphatic rings. The lowest BCUT2D eigenvalue weighted by atomic mass is 10.1. The first-order valence-corrected chi connectivity index (χ1v) is 6.51. The first-order chi connectivity index (χ1) is 8.02. The molecule has 0 bridgehead atoms. The highest BCUT2D eigenvalue weighted by atomic mass is 16.5. The van der Waals surface area contributed by atoms with Crippen molar-refractivity contribution in [3.05, 3.63) is 0 Å². The molecule has 0 fully saturated rings. The third-order valence-electron chi connectivity index (χ3n) is 2.58. The number of hydrogen-bond donors (Lipinski definition) is 1. The number of ether oxygens (including phenoxy) is 1. The van der Waals surface area contributed by atoms with Gasteiger partial charge in [-0.3, -0.25) is 4.79 Å². The largest absolute Gasteiger partial charge is 0.383 e. The number of nitrogens with one attached hydrogen (secondary N) is 1. The molecule has 0 heterocycles. The van der Waals surface area contributed by atoms with Crippen molar-refractivity contribution in [2.75, 3.05) is 39.9 Å². The summed E-state index contributed by atoms with van der Waals surface area (Å²) in [6.45, 7) is 12.0. The van der Waals surface area contributed by atoms with Gasteiger partial charge in [-0.15, -0.1) is 0 Å². The molecule has 0 aromatic heterocycles. The van der Waals surface area contributed by atoms with Gasteiger partial charge in [-0.2, -0.15) is 0 Å². The zero-order valence-electron chi connectivity index (χ0n) is 12.0. The standard InChI is InChI=1S/C13H28N2O2/c1-6-14-9-12(4)13(16)15(7-8-17-5)10-11(2)3/h11-12,14H,6-10H2,1-5H3. The normalized spacial score (nSPS) is 12.8. The third-order valence-corrected chi connectivity index (χ3v) is 2.58. The lowest BCUT2D eigenvalue weighted by Gasteiger charge is -2.27. The Balaban J connectivity index is 4.28. The quantitative estimate of drug-likeness (QED) is 0.666. The van der Waals surface area contributed by atoms with Crippen molar-refractivity contribution in [2.24, 2.45) is 11.8 Å². The van der Waals surface area contributed by atoms with Crippen molar-refractivity contribution < 1.29 is 9.53 Å². The van der Waals surface area contributed by atoms with E-state index in [1.165, 1.54) is 0 Å². The fraction of sp³-hybridized carbons (Fsp3) is 0.923. The van der Waals surface area contributed by atoms with Crippen LogP contribution in [0.1, 0.15) is 27.7 Å². The topological polar surface area (TPSA) is 41.6 Å². The average molecular weight is 244 g/mol. The van der Waals surface area contributed by atoms with E-state index in [1.807, 2.05) is 18.7 Å². The fourth-order valence-electron chi connectivity index (χ4n) is 1.69. The van der Waals surface area contributed by atoms with Crippen LogP contribution in [0.15, 0.2) is 0 Å². The molecular weight excluding hydrogens is 216 g/mol. The minimum atomic E-state index is 0.0329. The van der Waals surface area contributed by atoms with Crippen LogP contribution < -0.4 is 5.32 Å². The maximum Gasteiger partial charge on any atom is 0.226 e. The Morgan fingerprint density at radius 1 is 1.35 bits per heavy atom. The summed E-state index contributed by atoms with van der Waals surface area (Å²) in [5, 5.41) is 3.21. The smallest absolute Gasteiger partial charge is 0.226 e. The molecule has 0 aliphatic heterocycles. The predicted octanol–water partition coefficient (Wildman–Crippen LogP) is 1.36. The van der Waals surface area contributed by atoms with Gasteiger partial charge in [0.05, 0.1) is 6.61 Å². The second-order valence-electron chi connectivity index (χ2n) is 4.88. The average Bonchev–Trinajstić information content (AvgIpc) is 2.29. The second-order valence-corrected chi connectivity index (χ2v) is 4.88. The summed E-state index contributed by atoms with van der Waals surface area (Å²) in [5.74, 6) is 0.740. The molecule has 102 valence electrons. The Bertz CT molecular complexity index is 208. The van der Waals surface area contributed by atoms with Crippen molar-refractivity contribution in [2.45, 2.75) is 27.7 Å². The molecule has 1 N–H and O–H groups in total. The summed E-state index contributed by atoms with van der Waals surface area (Å²) in [6.07, 6.45) is 0. The minimum Gasteiger partial charge on any atom is -0.383 e. The molecule has 4 nitrogen and oxygen atoms in total. The van der Waals surface area contributed by atoms with Crippen LogP contribution in [-0.4, -0.2) is 50.7 Å². The highest BCUT2D eigenvalue weighted by molar-refractivity contribution is 5.78. The molecule has 0 saturated heterocycles. The van der Waals surface area contributed by atoms with Gasteiger partial charge in [-0.05, 0) is 12.5 Å². The Labute approximate surface area is 106 Å². The van der Waals surface area contributed by atoms with Gasteiger partial charge in [0.15, 0.2) is 0 Å². The number of carbonyl (C=O) groups excluding carboxylic acids is 1. The van der Waals surface area contributed by atoms with Crippen molar-refractivity contribution in [3.8, 4) is 0 Å². The molecule has 17 heavy (non-hydrogen) atoms. The molecule has 0 radical (unpaired) electrons. The van der Waals surface area contributed by atoms with Crippen LogP contribution in [0.3, 0.4) is 0 Å². The molecule has 1 atom stereocenters. The first-order valence-electron chi connectivity index (χ1n) is 6.51. The van der Waals surface area contributed by atoms with Gasteiger partial charge in [-0.1, -0.05) is 27.7 Å². The summed E-state index contributed by atoms with van der Waals surface area (Å²) < 4.78 is 5.06. The van der Waals surface area contributed by atoms with Crippen LogP contribution in [0.25, 0.3) is 0 Å². The van der Waals surface area contributed by atoms with E-state index in [2.05, 4.69) is 19.2 Å². The molecule has 4 heteroatoms. The highest BCUT2D eigenvalue weighted by Crippen LogP contribution is 2.05. The Hall–Kier alpha value is -0.610. The van der Waals surface area contributed by atoms with Gasteiger partial charge in [-0.25, -0.2) is 0 Å². The van der Waals surface area contributed by atoms with E-state index >= 15 is 0 Å². The Morgan fingerprint density at radius 2 is 2.00 bits per heavy atom. The fourth-order valence-corrected chi connectivity index (χ4v) is 1.69. The SMILES string of the molecule is CCNCC(C)C(=O)N(CCOC)CC(C)C. The van der Waals surface area contributed by atoms with Crippen LogP contribution >= 0.6 is 0 Å². The van der Waals surface area contributed by atoms with Crippen LogP contribution in [0.4, 0.5) is 0 Å². The monoisotopic (exact) mass is 244 g/mol. The number of nitrogens with zero attached hydrogens (tertiary/aromatic N) is 1. The molecular formula is C13H28N2O2. The van der Waals surface area contributed by atoms with Crippen molar-refractivity contribution in [1.29, 1.82) is 0 Å². The second kappa shape index (κ2) is 9.42. The number of rotatable bonds is 9. The van der Waals surface area contributed by atoms with E-state index in [1.54, 1.807) is 7.11 Å². The molecule has 0 rings (SSSR count). The number of methoxy groups -OCH3 is 1. The summed E-state index contributed by atoms with van der Waals surface area (Å²) in [5.41, 5.74) is 0. The van der Waals surface area contributed by atoms with E-state index in [0.717, 1.165) is 19.6 Å². The molecule has 1 amide bonds. The van der Waals surface area contributed by atoms with E-state index in [0.29, 0.717) is 19.1 Å². The molecule has 0 spiro atoms. The van der Waals surface area contributed by atoms with Gasteiger partial charge in [0.1, 0.15) is 0 Å². The van der Waals surface area contributed by atoms with E-state index in [4.69, 9.17) is 4.74 Å². The molecule has 1 unspecified atom stereocenters. The molecule has 0 saturated carbocycles. The van der Waals surface area contributed by atoms with Crippen LogP contribution in [0.5, 0.6) is 0 Å². The van der Waals surface area contributed by atoms with Crippen molar-refractivity contribution in [3.63, 3.8) is 0 Å².